The van der Waals surface area contributed by atoms with Gasteiger partial charge < -0.3 is 10.8 Å². The van der Waals surface area contributed by atoms with Crippen molar-refractivity contribution >= 4 is 0 Å². The Morgan fingerprint density at radius 2 is 1.94 bits per heavy atom. The van der Waals surface area contributed by atoms with Crippen LogP contribution in [0.3, 0.4) is 0 Å². The molecule has 5 nitrogen and oxygen atoms in total. The van der Waals surface area contributed by atoms with Crippen LogP contribution in [0.1, 0.15) is 36.2 Å². The number of aromatic nitrogens is 3. The van der Waals surface area contributed by atoms with Crippen LogP contribution in [0.5, 0.6) is 0 Å². The Hall–Kier alpha value is -1.72. The van der Waals surface area contributed by atoms with Crippen LogP contribution in [0.2, 0.25) is 0 Å². The number of nitrogens with zero attached hydrogens (tertiary/aromatic N) is 3. The van der Waals surface area contributed by atoms with Gasteiger partial charge in [0.25, 0.3) is 0 Å². The fraction of sp³-hybridized carbons (Fsp3) is 0.385. The molecule has 0 aliphatic carbocycles. The van der Waals surface area contributed by atoms with Crippen molar-refractivity contribution in [2.75, 3.05) is 0 Å². The fourth-order valence-corrected chi connectivity index (χ4v) is 1.71. The topological polar surface area (TPSA) is 77.0 Å². The highest BCUT2D eigenvalue weighted by molar-refractivity contribution is 5.22. The van der Waals surface area contributed by atoms with E-state index in [1.54, 1.807) is 4.68 Å². The van der Waals surface area contributed by atoms with Gasteiger partial charge in [0.2, 0.25) is 0 Å². The molecule has 1 aromatic carbocycles. The summed E-state index contributed by atoms with van der Waals surface area (Å²) in [5.41, 5.74) is 8.75. The van der Waals surface area contributed by atoms with E-state index in [2.05, 4.69) is 10.3 Å². The van der Waals surface area contributed by atoms with E-state index in [0.717, 1.165) is 23.2 Å². The molecule has 1 aromatic heterocycles. The minimum Gasteiger partial charge on any atom is -0.392 e. The number of rotatable bonds is 5. The number of aliphatic hydroxyl groups excluding tert-OH is 1. The molecule has 0 amide bonds. The van der Waals surface area contributed by atoms with Crippen molar-refractivity contribution in [3.8, 4) is 0 Å². The summed E-state index contributed by atoms with van der Waals surface area (Å²) in [6.07, 6.45) is 2.73. The predicted octanol–water partition coefficient (Wildman–Crippen LogP) is 1.23. The van der Waals surface area contributed by atoms with E-state index in [9.17, 15) is 0 Å². The quantitative estimate of drug-likeness (QED) is 0.831. The second kappa shape index (κ2) is 5.75. The van der Waals surface area contributed by atoms with Gasteiger partial charge in [-0.15, -0.1) is 5.10 Å². The molecular weight excluding hydrogens is 228 g/mol. The summed E-state index contributed by atoms with van der Waals surface area (Å²) in [7, 11) is 0. The molecule has 2 rings (SSSR count). The highest BCUT2D eigenvalue weighted by Gasteiger charge is 2.08. The zero-order valence-electron chi connectivity index (χ0n) is 10.5. The van der Waals surface area contributed by atoms with Crippen LogP contribution >= 0.6 is 0 Å². The lowest BCUT2D eigenvalue weighted by atomic mass is 10.1. The Labute approximate surface area is 106 Å². The molecule has 96 valence electrons. The van der Waals surface area contributed by atoms with Crippen LogP contribution in [0.15, 0.2) is 30.5 Å². The minimum atomic E-state index is -0.0458. The molecule has 0 saturated carbocycles. The van der Waals surface area contributed by atoms with E-state index in [1.165, 1.54) is 0 Å². The standard InChI is InChI=1S/C13H18N4O/c1-2-12(14)13-8-17(16-15-13)7-10-3-5-11(9-18)6-4-10/h3-6,8,12,18H,2,7,9,14H2,1H3. The number of nitrogens with two attached hydrogens (primary N) is 1. The van der Waals surface area contributed by atoms with Crippen LogP contribution in [-0.4, -0.2) is 20.1 Å². The molecule has 0 saturated heterocycles. The first kappa shape index (κ1) is 12.7. The minimum absolute atomic E-state index is 0.0458. The largest absolute Gasteiger partial charge is 0.392 e. The van der Waals surface area contributed by atoms with Gasteiger partial charge in [-0.25, -0.2) is 4.68 Å². The van der Waals surface area contributed by atoms with Gasteiger partial charge in [-0.3, -0.25) is 0 Å². The monoisotopic (exact) mass is 246 g/mol. The number of benzene rings is 1. The molecule has 5 heteroatoms. The summed E-state index contributed by atoms with van der Waals surface area (Å²) in [6, 6.07) is 7.73. The van der Waals surface area contributed by atoms with Crippen LogP contribution in [0.25, 0.3) is 0 Å². The lowest BCUT2D eigenvalue weighted by Crippen LogP contribution is -2.08. The van der Waals surface area contributed by atoms with Gasteiger partial charge in [0.1, 0.15) is 0 Å². The molecule has 1 atom stereocenters. The third-order valence-corrected chi connectivity index (χ3v) is 2.93. The molecule has 1 unspecified atom stereocenters. The maximum Gasteiger partial charge on any atom is 0.0994 e. The zero-order chi connectivity index (χ0) is 13.0. The summed E-state index contributed by atoms with van der Waals surface area (Å²) < 4.78 is 1.78. The average Bonchev–Trinajstić information content (AvgIpc) is 2.87. The lowest BCUT2D eigenvalue weighted by molar-refractivity contribution is 0.282. The SMILES string of the molecule is CCC(N)c1cn(Cc2ccc(CO)cc2)nn1. The Balaban J connectivity index is 2.06. The molecule has 0 aliphatic heterocycles. The van der Waals surface area contributed by atoms with Crippen molar-refractivity contribution in [3.05, 3.63) is 47.3 Å². The molecule has 0 aliphatic rings. The molecule has 0 radical (unpaired) electrons. The van der Waals surface area contributed by atoms with Gasteiger partial charge in [-0.1, -0.05) is 36.4 Å². The smallest absolute Gasteiger partial charge is 0.0994 e. The predicted molar refractivity (Wildman–Crippen MR) is 68.7 cm³/mol. The van der Waals surface area contributed by atoms with Crippen LogP contribution < -0.4 is 5.73 Å². The second-order valence-electron chi connectivity index (χ2n) is 4.33. The van der Waals surface area contributed by atoms with Gasteiger partial charge in [0.15, 0.2) is 0 Å². The zero-order valence-corrected chi connectivity index (χ0v) is 10.5. The van der Waals surface area contributed by atoms with E-state index in [-0.39, 0.29) is 12.6 Å². The second-order valence-corrected chi connectivity index (χ2v) is 4.33. The highest BCUT2D eigenvalue weighted by Crippen LogP contribution is 2.11. The van der Waals surface area contributed by atoms with Crippen LogP contribution in [0.4, 0.5) is 0 Å². The maximum absolute atomic E-state index is 8.97. The van der Waals surface area contributed by atoms with Crippen molar-refractivity contribution in [1.29, 1.82) is 0 Å². The van der Waals surface area contributed by atoms with Gasteiger partial charge in [-0.05, 0) is 17.5 Å². The van der Waals surface area contributed by atoms with Crippen LogP contribution in [0, 0.1) is 0 Å². The normalized spacial score (nSPS) is 12.6. The molecule has 18 heavy (non-hydrogen) atoms. The number of hydrogen-bond donors (Lipinski definition) is 2. The number of hydrogen-bond acceptors (Lipinski definition) is 4. The van der Waals surface area contributed by atoms with Crippen molar-refractivity contribution in [2.45, 2.75) is 32.5 Å². The van der Waals surface area contributed by atoms with Crippen molar-refractivity contribution in [2.24, 2.45) is 5.73 Å². The summed E-state index contributed by atoms with van der Waals surface area (Å²) in [4.78, 5) is 0. The van der Waals surface area contributed by atoms with E-state index < -0.39 is 0 Å². The summed E-state index contributed by atoms with van der Waals surface area (Å²) >= 11 is 0. The average molecular weight is 246 g/mol. The van der Waals surface area contributed by atoms with Gasteiger partial charge >= 0.3 is 0 Å². The van der Waals surface area contributed by atoms with Crippen molar-refractivity contribution in [1.82, 2.24) is 15.0 Å². The first-order chi connectivity index (χ1) is 8.72. The summed E-state index contributed by atoms with van der Waals surface area (Å²) in [5, 5.41) is 17.1. The third-order valence-electron chi connectivity index (χ3n) is 2.93. The summed E-state index contributed by atoms with van der Waals surface area (Å²) in [5.74, 6) is 0. The van der Waals surface area contributed by atoms with Crippen molar-refractivity contribution in [3.63, 3.8) is 0 Å². The van der Waals surface area contributed by atoms with E-state index in [0.29, 0.717) is 6.54 Å². The first-order valence-electron chi connectivity index (χ1n) is 6.07. The Bertz CT molecular complexity index is 492. The van der Waals surface area contributed by atoms with Crippen LogP contribution in [-0.2, 0) is 13.2 Å². The Morgan fingerprint density at radius 1 is 1.28 bits per heavy atom. The third kappa shape index (κ3) is 2.94. The van der Waals surface area contributed by atoms with Gasteiger partial charge in [-0.2, -0.15) is 0 Å². The van der Waals surface area contributed by atoms with E-state index in [1.807, 2.05) is 37.4 Å². The summed E-state index contributed by atoms with van der Waals surface area (Å²) in [6.45, 7) is 2.76. The molecule has 0 fully saturated rings. The molecule has 3 N–H and O–H groups in total. The Morgan fingerprint density at radius 3 is 2.56 bits per heavy atom. The van der Waals surface area contributed by atoms with Gasteiger partial charge in [0.05, 0.1) is 31.1 Å². The number of aliphatic hydroxyl groups is 1. The molecule has 2 aromatic rings. The Kier molecular flexibility index (Phi) is 4.07. The van der Waals surface area contributed by atoms with Crippen molar-refractivity contribution < 1.29 is 5.11 Å². The van der Waals surface area contributed by atoms with E-state index >= 15 is 0 Å². The molecular formula is C13H18N4O. The first-order valence-corrected chi connectivity index (χ1v) is 6.07. The fourth-order valence-electron chi connectivity index (χ4n) is 1.71. The maximum atomic E-state index is 8.97. The molecule has 0 spiro atoms. The molecule has 0 bridgehead atoms. The highest BCUT2D eigenvalue weighted by atomic mass is 16.3. The van der Waals surface area contributed by atoms with E-state index in [4.69, 9.17) is 10.8 Å². The molecule has 1 heterocycles. The van der Waals surface area contributed by atoms with Gasteiger partial charge in [0, 0.05) is 0 Å². The lowest BCUT2D eigenvalue weighted by Gasteiger charge is -2.03.